The molecule has 0 saturated carbocycles. The molecule has 2 aromatic carbocycles. The highest BCUT2D eigenvalue weighted by atomic mass is 16.5. The van der Waals surface area contributed by atoms with Crippen molar-refractivity contribution in [3.8, 4) is 11.5 Å². The minimum atomic E-state index is -0.221. The zero-order valence-corrected chi connectivity index (χ0v) is 12.3. The van der Waals surface area contributed by atoms with Gasteiger partial charge in [-0.3, -0.25) is 4.79 Å². The second-order valence-corrected chi connectivity index (χ2v) is 4.92. The Bertz CT molecular complexity index is 927. The maximum atomic E-state index is 12.4. The molecule has 5 heteroatoms. The van der Waals surface area contributed by atoms with Crippen LogP contribution in [0.3, 0.4) is 0 Å². The monoisotopic (exact) mass is 297 g/mol. The first-order chi connectivity index (χ1) is 10.7. The van der Waals surface area contributed by atoms with E-state index in [1.165, 1.54) is 7.11 Å². The molecule has 0 aliphatic rings. The molecule has 3 rings (SSSR count). The van der Waals surface area contributed by atoms with Gasteiger partial charge in [-0.2, -0.15) is 0 Å². The van der Waals surface area contributed by atoms with Crippen molar-refractivity contribution in [2.45, 2.75) is 6.42 Å². The topological polar surface area (TPSA) is 68.4 Å². The number of fused-ring (bicyclic) bond motifs is 3. The molecule has 1 N–H and O–H groups in total. The highest BCUT2D eigenvalue weighted by molar-refractivity contribution is 6.07. The molecular formula is C17H15NO4. The van der Waals surface area contributed by atoms with Crippen LogP contribution in [0.15, 0.2) is 35.1 Å². The van der Waals surface area contributed by atoms with Gasteiger partial charge in [0, 0.05) is 17.2 Å². The number of pyridine rings is 1. The molecule has 1 heterocycles. The minimum Gasteiger partial charge on any atom is -0.493 e. The number of rotatable bonds is 4. The molecule has 5 nitrogen and oxygen atoms in total. The molecule has 0 aliphatic heterocycles. The van der Waals surface area contributed by atoms with E-state index in [0.29, 0.717) is 22.4 Å². The number of aldehydes is 1. The number of aromatic nitrogens is 1. The Morgan fingerprint density at radius 1 is 1.05 bits per heavy atom. The van der Waals surface area contributed by atoms with E-state index in [-0.39, 0.29) is 12.0 Å². The summed E-state index contributed by atoms with van der Waals surface area (Å²) in [6.45, 7) is 0. The number of para-hydroxylation sites is 1. The summed E-state index contributed by atoms with van der Waals surface area (Å²) in [4.78, 5) is 26.1. The van der Waals surface area contributed by atoms with Crippen molar-refractivity contribution in [1.29, 1.82) is 0 Å². The number of hydrogen-bond acceptors (Lipinski definition) is 4. The van der Waals surface area contributed by atoms with E-state index in [2.05, 4.69) is 4.98 Å². The van der Waals surface area contributed by atoms with Crippen LogP contribution in [0.1, 0.15) is 5.56 Å². The fraction of sp³-hybridized carbons (Fsp3) is 0.176. The molecule has 22 heavy (non-hydrogen) atoms. The normalized spacial score (nSPS) is 10.8. The largest absolute Gasteiger partial charge is 0.493 e. The van der Waals surface area contributed by atoms with Gasteiger partial charge in [0.25, 0.3) is 5.56 Å². The number of ether oxygens (including phenoxy) is 2. The van der Waals surface area contributed by atoms with Crippen LogP contribution in [-0.2, 0) is 11.2 Å². The number of H-pyrrole nitrogens is 1. The first kappa shape index (κ1) is 14.1. The lowest BCUT2D eigenvalue weighted by atomic mass is 10.0. The van der Waals surface area contributed by atoms with Crippen LogP contribution in [0.25, 0.3) is 21.7 Å². The molecule has 0 fully saturated rings. The summed E-state index contributed by atoms with van der Waals surface area (Å²) < 4.78 is 10.6. The zero-order chi connectivity index (χ0) is 15.7. The molecule has 0 atom stereocenters. The third-order valence-corrected chi connectivity index (χ3v) is 3.75. The Labute approximate surface area is 126 Å². The number of nitrogens with one attached hydrogen (secondary N) is 1. The molecule has 0 unspecified atom stereocenters. The lowest BCUT2D eigenvalue weighted by Gasteiger charge is -2.11. The SMILES string of the molecule is COc1cc2c(=O)[nH]c3c(CC=O)cccc3c2cc1OC. The third kappa shape index (κ3) is 2.11. The van der Waals surface area contributed by atoms with Gasteiger partial charge < -0.3 is 19.3 Å². The van der Waals surface area contributed by atoms with Crippen molar-refractivity contribution < 1.29 is 14.3 Å². The van der Waals surface area contributed by atoms with Gasteiger partial charge in [-0.15, -0.1) is 0 Å². The van der Waals surface area contributed by atoms with Crippen molar-refractivity contribution in [3.05, 3.63) is 46.2 Å². The lowest BCUT2D eigenvalue weighted by molar-refractivity contribution is -0.107. The Hall–Kier alpha value is -2.82. The first-order valence-electron chi connectivity index (χ1n) is 6.83. The summed E-state index contributed by atoms with van der Waals surface area (Å²) in [7, 11) is 3.08. The number of carbonyl (C=O) groups is 1. The van der Waals surface area contributed by atoms with Gasteiger partial charge in [0.05, 0.1) is 25.1 Å². The van der Waals surface area contributed by atoms with Crippen molar-refractivity contribution in [2.75, 3.05) is 14.2 Å². The predicted octanol–water partition coefficient (Wildman–Crippen LogP) is 2.44. The number of aromatic amines is 1. The molecule has 0 amide bonds. The van der Waals surface area contributed by atoms with Crippen molar-refractivity contribution in [1.82, 2.24) is 4.98 Å². The van der Waals surface area contributed by atoms with Gasteiger partial charge in [0.15, 0.2) is 11.5 Å². The molecule has 0 saturated heterocycles. The Kier molecular flexibility index (Phi) is 3.55. The van der Waals surface area contributed by atoms with E-state index in [0.717, 1.165) is 22.6 Å². The third-order valence-electron chi connectivity index (χ3n) is 3.75. The highest BCUT2D eigenvalue weighted by Crippen LogP contribution is 2.34. The van der Waals surface area contributed by atoms with E-state index in [1.807, 2.05) is 18.2 Å². The van der Waals surface area contributed by atoms with Crippen molar-refractivity contribution in [3.63, 3.8) is 0 Å². The first-order valence-corrected chi connectivity index (χ1v) is 6.83. The fourth-order valence-corrected chi connectivity index (χ4v) is 2.70. The molecule has 3 aromatic rings. The second-order valence-electron chi connectivity index (χ2n) is 4.92. The van der Waals surface area contributed by atoms with Crippen LogP contribution in [0.4, 0.5) is 0 Å². The second kappa shape index (κ2) is 5.52. The van der Waals surface area contributed by atoms with E-state index in [1.54, 1.807) is 19.2 Å². The van der Waals surface area contributed by atoms with Crippen LogP contribution in [0.2, 0.25) is 0 Å². The van der Waals surface area contributed by atoms with Crippen molar-refractivity contribution in [2.24, 2.45) is 0 Å². The van der Waals surface area contributed by atoms with Crippen LogP contribution in [0.5, 0.6) is 11.5 Å². The molecule has 0 radical (unpaired) electrons. The van der Waals surface area contributed by atoms with Gasteiger partial charge in [-0.1, -0.05) is 18.2 Å². The predicted molar refractivity (Wildman–Crippen MR) is 84.9 cm³/mol. The number of hydrogen-bond donors (Lipinski definition) is 1. The molecule has 1 aromatic heterocycles. The summed E-state index contributed by atoms with van der Waals surface area (Å²) >= 11 is 0. The number of carbonyl (C=O) groups excluding carboxylic acids is 1. The summed E-state index contributed by atoms with van der Waals surface area (Å²) in [6.07, 6.45) is 1.08. The van der Waals surface area contributed by atoms with Gasteiger partial charge in [0.1, 0.15) is 6.29 Å². The summed E-state index contributed by atoms with van der Waals surface area (Å²) in [5, 5.41) is 2.16. The standard InChI is InChI=1S/C17H15NO4/c1-21-14-8-12-11-5-3-4-10(6-7-19)16(11)18-17(20)13(12)9-15(14)22-2/h3-5,7-9H,6H2,1-2H3,(H,18,20). The van der Waals surface area contributed by atoms with Crippen molar-refractivity contribution >= 4 is 28.0 Å². The summed E-state index contributed by atoms with van der Waals surface area (Å²) in [5.41, 5.74) is 1.25. The number of methoxy groups -OCH3 is 2. The average Bonchev–Trinajstić information content (AvgIpc) is 2.55. The van der Waals surface area contributed by atoms with Gasteiger partial charge in [0.2, 0.25) is 0 Å². The Morgan fingerprint density at radius 2 is 1.73 bits per heavy atom. The molecule has 0 aliphatic carbocycles. The minimum absolute atomic E-state index is 0.221. The maximum Gasteiger partial charge on any atom is 0.256 e. The fourth-order valence-electron chi connectivity index (χ4n) is 2.70. The smallest absolute Gasteiger partial charge is 0.256 e. The van der Waals surface area contributed by atoms with E-state index in [9.17, 15) is 9.59 Å². The lowest BCUT2D eigenvalue weighted by Crippen LogP contribution is -2.08. The Morgan fingerprint density at radius 3 is 2.36 bits per heavy atom. The van der Waals surface area contributed by atoms with Gasteiger partial charge >= 0.3 is 0 Å². The molecule has 112 valence electrons. The van der Waals surface area contributed by atoms with Crippen LogP contribution >= 0.6 is 0 Å². The average molecular weight is 297 g/mol. The highest BCUT2D eigenvalue weighted by Gasteiger charge is 2.13. The van der Waals surface area contributed by atoms with Crippen LogP contribution in [0, 0.1) is 0 Å². The molecule has 0 bridgehead atoms. The number of benzene rings is 2. The van der Waals surface area contributed by atoms with Gasteiger partial charge in [-0.05, 0) is 17.7 Å². The summed E-state index contributed by atoms with van der Waals surface area (Å²) in [6, 6.07) is 9.07. The summed E-state index contributed by atoms with van der Waals surface area (Å²) in [5.74, 6) is 1.06. The quantitative estimate of drug-likeness (QED) is 0.593. The van der Waals surface area contributed by atoms with E-state index >= 15 is 0 Å². The Balaban J connectivity index is 2.47. The molecular weight excluding hydrogens is 282 g/mol. The zero-order valence-electron chi connectivity index (χ0n) is 12.3. The van der Waals surface area contributed by atoms with E-state index in [4.69, 9.17) is 9.47 Å². The van der Waals surface area contributed by atoms with Crippen LogP contribution in [-0.4, -0.2) is 25.5 Å². The maximum absolute atomic E-state index is 12.4. The van der Waals surface area contributed by atoms with Gasteiger partial charge in [-0.25, -0.2) is 0 Å². The van der Waals surface area contributed by atoms with E-state index < -0.39 is 0 Å². The van der Waals surface area contributed by atoms with Crippen LogP contribution < -0.4 is 15.0 Å². The molecule has 0 spiro atoms.